The summed E-state index contributed by atoms with van der Waals surface area (Å²) >= 11 is 1.51. The van der Waals surface area contributed by atoms with Crippen molar-refractivity contribution in [2.24, 2.45) is 5.84 Å². The van der Waals surface area contributed by atoms with E-state index in [0.717, 1.165) is 4.90 Å². The van der Waals surface area contributed by atoms with Crippen molar-refractivity contribution in [3.63, 3.8) is 0 Å². The predicted molar refractivity (Wildman–Crippen MR) is 68.6 cm³/mol. The summed E-state index contributed by atoms with van der Waals surface area (Å²) in [6.45, 7) is 0. The van der Waals surface area contributed by atoms with Gasteiger partial charge in [0, 0.05) is 11.1 Å². The van der Waals surface area contributed by atoms with Crippen LogP contribution in [0.25, 0.3) is 0 Å². The molecule has 0 unspecified atom stereocenters. The highest BCUT2D eigenvalue weighted by Gasteiger charge is 2.09. The van der Waals surface area contributed by atoms with Gasteiger partial charge >= 0.3 is 0 Å². The summed E-state index contributed by atoms with van der Waals surface area (Å²) in [5.74, 6) is 5.90. The van der Waals surface area contributed by atoms with Crippen LogP contribution in [0, 0.1) is 0 Å². The van der Waals surface area contributed by atoms with Crippen molar-refractivity contribution < 1.29 is 9.21 Å². The number of nitrogens with two attached hydrogens (primary N) is 2. The average Bonchev–Trinajstić information content (AvgIpc) is 2.86. The summed E-state index contributed by atoms with van der Waals surface area (Å²) in [5, 5.41) is 0. The molecular weight excluding hydrogens is 252 g/mol. The van der Waals surface area contributed by atoms with Crippen LogP contribution >= 0.6 is 11.8 Å². The monoisotopic (exact) mass is 264 g/mol. The Morgan fingerprint density at radius 3 is 3.11 bits per heavy atom. The molecule has 1 amide bonds. The summed E-state index contributed by atoms with van der Waals surface area (Å²) in [4.78, 5) is 16.1. The number of aromatic nitrogens is 1. The van der Waals surface area contributed by atoms with Gasteiger partial charge in [0.05, 0.1) is 23.2 Å². The SMILES string of the molecule is NNC(=O)c1coc(CSc2ccncc2N)c1. The minimum Gasteiger partial charge on any atom is -0.468 e. The van der Waals surface area contributed by atoms with E-state index in [2.05, 4.69) is 4.98 Å². The zero-order valence-electron chi connectivity index (χ0n) is 9.42. The van der Waals surface area contributed by atoms with Crippen molar-refractivity contribution in [2.45, 2.75) is 10.6 Å². The minimum absolute atomic E-state index is 0.376. The van der Waals surface area contributed by atoms with Crippen molar-refractivity contribution in [3.8, 4) is 0 Å². The Bertz CT molecular complexity index is 555. The fraction of sp³-hybridized carbons (Fsp3) is 0.0909. The second kappa shape index (κ2) is 5.56. The molecule has 2 heterocycles. The molecule has 0 bridgehead atoms. The fourth-order valence-electron chi connectivity index (χ4n) is 1.33. The van der Waals surface area contributed by atoms with Gasteiger partial charge in [0.25, 0.3) is 5.91 Å². The molecule has 0 saturated carbocycles. The lowest BCUT2D eigenvalue weighted by Crippen LogP contribution is -2.29. The van der Waals surface area contributed by atoms with E-state index in [9.17, 15) is 4.79 Å². The van der Waals surface area contributed by atoms with Crippen LogP contribution in [0.3, 0.4) is 0 Å². The van der Waals surface area contributed by atoms with Crippen molar-refractivity contribution in [2.75, 3.05) is 5.73 Å². The van der Waals surface area contributed by atoms with Gasteiger partial charge in [-0.05, 0) is 12.1 Å². The Morgan fingerprint density at radius 2 is 2.39 bits per heavy atom. The van der Waals surface area contributed by atoms with Gasteiger partial charge in [-0.25, -0.2) is 5.84 Å². The van der Waals surface area contributed by atoms with E-state index in [1.165, 1.54) is 18.0 Å². The fourth-order valence-corrected chi connectivity index (χ4v) is 2.16. The first-order valence-electron chi connectivity index (χ1n) is 5.11. The number of hydrazine groups is 1. The number of pyridine rings is 1. The molecule has 0 atom stereocenters. The highest BCUT2D eigenvalue weighted by Crippen LogP contribution is 2.27. The molecule has 0 aliphatic carbocycles. The van der Waals surface area contributed by atoms with Crippen LogP contribution in [-0.2, 0) is 5.75 Å². The lowest BCUT2D eigenvalue weighted by Gasteiger charge is -2.02. The van der Waals surface area contributed by atoms with Gasteiger partial charge in [-0.15, -0.1) is 11.8 Å². The molecule has 18 heavy (non-hydrogen) atoms. The van der Waals surface area contributed by atoms with Crippen molar-refractivity contribution in [3.05, 3.63) is 42.1 Å². The average molecular weight is 264 g/mol. The van der Waals surface area contributed by atoms with Gasteiger partial charge in [-0.2, -0.15) is 0 Å². The number of furan rings is 1. The number of thioether (sulfide) groups is 1. The second-order valence-electron chi connectivity index (χ2n) is 3.48. The van der Waals surface area contributed by atoms with Crippen LogP contribution in [0.2, 0.25) is 0 Å². The molecule has 0 spiro atoms. The van der Waals surface area contributed by atoms with Crippen molar-refractivity contribution in [1.82, 2.24) is 10.4 Å². The molecule has 6 nitrogen and oxygen atoms in total. The molecule has 94 valence electrons. The summed E-state index contributed by atoms with van der Waals surface area (Å²) in [6.07, 6.45) is 4.64. The van der Waals surface area contributed by atoms with Gasteiger partial charge < -0.3 is 10.2 Å². The number of anilines is 1. The second-order valence-corrected chi connectivity index (χ2v) is 4.49. The van der Waals surface area contributed by atoms with E-state index in [-0.39, 0.29) is 5.91 Å². The Balaban J connectivity index is 2.01. The zero-order valence-corrected chi connectivity index (χ0v) is 10.2. The standard InChI is InChI=1S/C11H12N4O2S/c12-9-4-14-2-1-10(9)18-6-8-3-7(5-17-8)11(16)15-13/h1-5H,6,12-13H2,(H,15,16). The molecule has 2 aromatic rings. The van der Waals surface area contributed by atoms with E-state index in [1.807, 2.05) is 11.5 Å². The number of nitrogens with one attached hydrogen (secondary N) is 1. The number of hydrogen-bond donors (Lipinski definition) is 3. The molecule has 0 aromatic carbocycles. The molecule has 0 fully saturated rings. The van der Waals surface area contributed by atoms with Crippen molar-refractivity contribution >= 4 is 23.4 Å². The van der Waals surface area contributed by atoms with Crippen LogP contribution in [0.5, 0.6) is 0 Å². The number of carbonyl (C=O) groups excluding carboxylic acids is 1. The molecule has 0 saturated heterocycles. The third-order valence-electron chi connectivity index (χ3n) is 2.23. The van der Waals surface area contributed by atoms with E-state index >= 15 is 0 Å². The molecule has 2 aromatic heterocycles. The van der Waals surface area contributed by atoms with Crippen molar-refractivity contribution in [1.29, 1.82) is 0 Å². The maximum Gasteiger partial charge on any atom is 0.268 e. The van der Waals surface area contributed by atoms with Gasteiger partial charge in [-0.1, -0.05) is 0 Å². The number of amides is 1. The Kier molecular flexibility index (Phi) is 3.85. The third-order valence-corrected chi connectivity index (χ3v) is 3.34. The first-order valence-corrected chi connectivity index (χ1v) is 6.10. The first-order chi connectivity index (χ1) is 8.70. The van der Waals surface area contributed by atoms with Crippen LogP contribution in [-0.4, -0.2) is 10.9 Å². The van der Waals surface area contributed by atoms with Crippen LogP contribution < -0.4 is 17.0 Å². The van der Waals surface area contributed by atoms with E-state index in [4.69, 9.17) is 16.0 Å². The lowest BCUT2D eigenvalue weighted by molar-refractivity contribution is 0.0953. The van der Waals surface area contributed by atoms with E-state index in [0.29, 0.717) is 22.8 Å². The summed E-state index contributed by atoms with van der Waals surface area (Å²) < 4.78 is 5.26. The summed E-state index contributed by atoms with van der Waals surface area (Å²) in [5.41, 5.74) is 8.83. The summed E-state index contributed by atoms with van der Waals surface area (Å²) in [7, 11) is 0. The van der Waals surface area contributed by atoms with E-state index < -0.39 is 0 Å². The molecule has 7 heteroatoms. The molecular formula is C11H12N4O2S. The Hall–Kier alpha value is -1.99. The molecule has 5 N–H and O–H groups in total. The van der Waals surface area contributed by atoms with Gasteiger partial charge in [0.15, 0.2) is 0 Å². The van der Waals surface area contributed by atoms with Crippen LogP contribution in [0.1, 0.15) is 16.1 Å². The third kappa shape index (κ3) is 2.82. The van der Waals surface area contributed by atoms with Crippen LogP contribution in [0.4, 0.5) is 5.69 Å². The van der Waals surface area contributed by atoms with E-state index in [1.54, 1.807) is 18.5 Å². The number of hydrogen-bond acceptors (Lipinski definition) is 6. The minimum atomic E-state index is -0.376. The van der Waals surface area contributed by atoms with Gasteiger partial charge in [0.1, 0.15) is 12.0 Å². The highest BCUT2D eigenvalue weighted by atomic mass is 32.2. The highest BCUT2D eigenvalue weighted by molar-refractivity contribution is 7.98. The van der Waals surface area contributed by atoms with Crippen LogP contribution in [0.15, 0.2) is 40.1 Å². The number of nitrogens with zero attached hydrogens (tertiary/aromatic N) is 1. The summed E-state index contributed by atoms with van der Waals surface area (Å²) in [6, 6.07) is 3.48. The zero-order chi connectivity index (χ0) is 13.0. The topological polar surface area (TPSA) is 107 Å². The van der Waals surface area contributed by atoms with Gasteiger partial charge in [0.2, 0.25) is 0 Å². The maximum atomic E-state index is 11.2. The smallest absolute Gasteiger partial charge is 0.268 e. The lowest BCUT2D eigenvalue weighted by atomic mass is 10.3. The Labute approximate surface area is 108 Å². The molecule has 0 aliphatic heterocycles. The maximum absolute atomic E-state index is 11.2. The number of rotatable bonds is 4. The Morgan fingerprint density at radius 1 is 1.56 bits per heavy atom. The normalized spacial score (nSPS) is 10.3. The first kappa shape index (κ1) is 12.5. The number of carbonyl (C=O) groups is 1. The predicted octanol–water partition coefficient (Wildman–Crippen LogP) is 1.15. The molecule has 2 rings (SSSR count). The quantitative estimate of drug-likeness (QED) is 0.331. The molecule has 0 aliphatic rings. The number of nitrogen functional groups attached to an aromatic ring is 2. The van der Waals surface area contributed by atoms with Gasteiger partial charge in [-0.3, -0.25) is 15.2 Å². The molecule has 0 radical (unpaired) electrons. The largest absolute Gasteiger partial charge is 0.468 e.